The van der Waals surface area contributed by atoms with Crippen LogP contribution in [0.4, 0.5) is 5.69 Å². The van der Waals surface area contributed by atoms with E-state index in [1.165, 1.54) is 15.8 Å². The fraction of sp³-hybridized carbons (Fsp3) is 0.111. The molecule has 0 unspecified atom stereocenters. The minimum atomic E-state index is 1.18. The zero-order chi connectivity index (χ0) is 7.68. The number of nitrogens with one attached hydrogen (secondary N) is 1. The summed E-state index contributed by atoms with van der Waals surface area (Å²) in [4.78, 5) is 0. The van der Waals surface area contributed by atoms with E-state index in [2.05, 4.69) is 35.0 Å². The number of rotatable bonds is 1. The van der Waals surface area contributed by atoms with Gasteiger partial charge in [-0.1, -0.05) is 6.07 Å². The Morgan fingerprint density at radius 2 is 2.18 bits per heavy atom. The first-order valence-corrected chi connectivity index (χ1v) is 4.43. The molecule has 2 aromatic rings. The van der Waals surface area contributed by atoms with Crippen molar-refractivity contribution in [3.8, 4) is 0 Å². The smallest absolute Gasteiger partial charge is 0.0363 e. The molecule has 0 fully saturated rings. The second-order valence-electron chi connectivity index (χ2n) is 2.42. The van der Waals surface area contributed by atoms with Gasteiger partial charge in [0.2, 0.25) is 0 Å². The normalized spacial score (nSPS) is 10.3. The van der Waals surface area contributed by atoms with Crippen LogP contribution in [0.15, 0.2) is 29.6 Å². The van der Waals surface area contributed by atoms with E-state index in [0.29, 0.717) is 0 Å². The topological polar surface area (TPSA) is 12.0 Å². The van der Waals surface area contributed by atoms with Crippen LogP contribution in [0.1, 0.15) is 0 Å². The average Bonchev–Trinajstić information content (AvgIpc) is 2.50. The predicted octanol–water partition coefficient (Wildman–Crippen LogP) is 2.94. The van der Waals surface area contributed by atoms with E-state index >= 15 is 0 Å². The van der Waals surface area contributed by atoms with Gasteiger partial charge in [-0.2, -0.15) is 0 Å². The molecule has 0 atom stereocenters. The van der Waals surface area contributed by atoms with E-state index in [1.807, 2.05) is 7.05 Å². The third-order valence-electron chi connectivity index (χ3n) is 1.74. The van der Waals surface area contributed by atoms with Crippen LogP contribution in [-0.2, 0) is 0 Å². The highest BCUT2D eigenvalue weighted by Crippen LogP contribution is 2.23. The van der Waals surface area contributed by atoms with Crippen LogP contribution in [0.3, 0.4) is 0 Å². The summed E-state index contributed by atoms with van der Waals surface area (Å²) in [5.41, 5.74) is 1.18. The molecule has 1 aromatic heterocycles. The molecule has 0 radical (unpaired) electrons. The molecule has 0 saturated carbocycles. The molecule has 0 bridgehead atoms. The van der Waals surface area contributed by atoms with Crippen LogP contribution < -0.4 is 5.32 Å². The van der Waals surface area contributed by atoms with Gasteiger partial charge in [0, 0.05) is 17.4 Å². The summed E-state index contributed by atoms with van der Waals surface area (Å²) in [6, 6.07) is 8.53. The fourth-order valence-corrected chi connectivity index (χ4v) is 1.94. The van der Waals surface area contributed by atoms with Crippen molar-refractivity contribution in [2.24, 2.45) is 0 Å². The molecular weight excluding hydrogens is 154 g/mol. The second kappa shape index (κ2) is 2.55. The van der Waals surface area contributed by atoms with Crippen molar-refractivity contribution in [3.05, 3.63) is 29.6 Å². The Hall–Kier alpha value is -1.02. The number of benzene rings is 1. The first-order chi connectivity index (χ1) is 5.40. The van der Waals surface area contributed by atoms with E-state index in [4.69, 9.17) is 0 Å². The van der Waals surface area contributed by atoms with Gasteiger partial charge in [-0.05, 0) is 29.0 Å². The molecule has 0 spiro atoms. The third-order valence-corrected chi connectivity index (χ3v) is 2.62. The van der Waals surface area contributed by atoms with Crippen molar-refractivity contribution in [3.63, 3.8) is 0 Å². The summed E-state index contributed by atoms with van der Waals surface area (Å²) in [6.45, 7) is 0. The number of thiophene rings is 1. The van der Waals surface area contributed by atoms with E-state index < -0.39 is 0 Å². The second-order valence-corrected chi connectivity index (χ2v) is 3.37. The molecule has 1 aromatic carbocycles. The van der Waals surface area contributed by atoms with Gasteiger partial charge < -0.3 is 5.32 Å². The highest BCUT2D eigenvalue weighted by molar-refractivity contribution is 7.17. The molecule has 0 aliphatic carbocycles. The molecule has 1 N–H and O–H groups in total. The van der Waals surface area contributed by atoms with Crippen molar-refractivity contribution in [2.75, 3.05) is 12.4 Å². The van der Waals surface area contributed by atoms with E-state index in [0.717, 1.165) is 0 Å². The van der Waals surface area contributed by atoms with Crippen molar-refractivity contribution >= 4 is 27.1 Å². The third kappa shape index (κ3) is 1.10. The molecule has 0 amide bonds. The summed E-state index contributed by atoms with van der Waals surface area (Å²) < 4.78 is 1.34. The lowest BCUT2D eigenvalue weighted by atomic mass is 10.2. The monoisotopic (exact) mass is 163 g/mol. The molecule has 0 aliphatic heterocycles. The van der Waals surface area contributed by atoms with E-state index in [-0.39, 0.29) is 0 Å². The Bertz CT molecular complexity index is 364. The number of fused-ring (bicyclic) bond motifs is 1. The van der Waals surface area contributed by atoms with Gasteiger partial charge in [0.05, 0.1) is 0 Å². The Labute approximate surface area is 69.7 Å². The van der Waals surface area contributed by atoms with Gasteiger partial charge in [0.25, 0.3) is 0 Å². The maximum Gasteiger partial charge on any atom is 0.0363 e. The largest absolute Gasteiger partial charge is 0.388 e. The van der Waals surface area contributed by atoms with Gasteiger partial charge in [-0.25, -0.2) is 0 Å². The van der Waals surface area contributed by atoms with Crippen LogP contribution in [0.2, 0.25) is 0 Å². The lowest BCUT2D eigenvalue weighted by Gasteiger charge is -1.97. The zero-order valence-corrected chi connectivity index (χ0v) is 7.11. The maximum absolute atomic E-state index is 3.12. The SMILES string of the molecule is CNc1ccc2ccsc2c1. The Morgan fingerprint density at radius 3 is 3.00 bits per heavy atom. The predicted molar refractivity (Wildman–Crippen MR) is 51.4 cm³/mol. The zero-order valence-electron chi connectivity index (χ0n) is 6.29. The number of anilines is 1. The molecule has 2 heteroatoms. The van der Waals surface area contributed by atoms with Crippen LogP contribution in [-0.4, -0.2) is 7.05 Å². The molecule has 1 nitrogen and oxygen atoms in total. The van der Waals surface area contributed by atoms with Crippen LogP contribution in [0, 0.1) is 0 Å². The molecule has 2 rings (SSSR count). The van der Waals surface area contributed by atoms with Crippen LogP contribution in [0.5, 0.6) is 0 Å². The van der Waals surface area contributed by atoms with Gasteiger partial charge in [-0.3, -0.25) is 0 Å². The van der Waals surface area contributed by atoms with E-state index in [9.17, 15) is 0 Å². The van der Waals surface area contributed by atoms with Gasteiger partial charge in [-0.15, -0.1) is 11.3 Å². The Balaban J connectivity index is 2.67. The lowest BCUT2D eigenvalue weighted by molar-refractivity contribution is 1.54. The highest BCUT2D eigenvalue weighted by Gasteiger charge is 1.94. The minimum absolute atomic E-state index is 1.18. The van der Waals surface area contributed by atoms with Crippen LogP contribution >= 0.6 is 11.3 Å². The standard InChI is InChI=1S/C9H9NS/c1-10-8-3-2-7-4-5-11-9(7)6-8/h2-6,10H,1H3. The highest BCUT2D eigenvalue weighted by atomic mass is 32.1. The molecular formula is C9H9NS. The summed E-state index contributed by atoms with van der Waals surface area (Å²) in [5, 5.41) is 6.56. The van der Waals surface area contributed by atoms with E-state index in [1.54, 1.807) is 11.3 Å². The molecule has 0 saturated heterocycles. The molecule has 0 aliphatic rings. The van der Waals surface area contributed by atoms with Crippen LogP contribution in [0.25, 0.3) is 10.1 Å². The first kappa shape index (κ1) is 6.68. The summed E-state index contributed by atoms with van der Waals surface area (Å²) in [6.07, 6.45) is 0. The van der Waals surface area contributed by atoms with Crippen molar-refractivity contribution in [2.45, 2.75) is 0 Å². The van der Waals surface area contributed by atoms with Gasteiger partial charge in [0.1, 0.15) is 0 Å². The van der Waals surface area contributed by atoms with Crippen molar-refractivity contribution < 1.29 is 0 Å². The minimum Gasteiger partial charge on any atom is -0.388 e. The molecule has 56 valence electrons. The quantitative estimate of drug-likeness (QED) is 0.681. The summed E-state index contributed by atoms with van der Waals surface area (Å²) in [5.74, 6) is 0. The van der Waals surface area contributed by atoms with Crippen molar-refractivity contribution in [1.29, 1.82) is 0 Å². The van der Waals surface area contributed by atoms with Crippen molar-refractivity contribution in [1.82, 2.24) is 0 Å². The van der Waals surface area contributed by atoms with Gasteiger partial charge in [0.15, 0.2) is 0 Å². The summed E-state index contributed by atoms with van der Waals surface area (Å²) in [7, 11) is 1.94. The molecule has 11 heavy (non-hydrogen) atoms. The maximum atomic E-state index is 3.12. The number of hydrogen-bond acceptors (Lipinski definition) is 2. The fourth-order valence-electron chi connectivity index (χ4n) is 1.11. The lowest BCUT2D eigenvalue weighted by Crippen LogP contribution is -1.85. The first-order valence-electron chi connectivity index (χ1n) is 3.55. The number of hydrogen-bond donors (Lipinski definition) is 1. The molecule has 1 heterocycles. The average molecular weight is 163 g/mol. The Kier molecular flexibility index (Phi) is 1.55. The van der Waals surface area contributed by atoms with Gasteiger partial charge >= 0.3 is 0 Å². The summed E-state index contributed by atoms with van der Waals surface area (Å²) >= 11 is 1.78. The Morgan fingerprint density at radius 1 is 1.27 bits per heavy atom.